The normalized spacial score (nSPS) is 11.5. The molecule has 3 nitrogen and oxygen atoms in total. The molecule has 90 valence electrons. The number of aromatic nitrogens is 2. The van der Waals surface area contributed by atoms with Crippen LogP contribution in [-0.2, 0) is 6.18 Å². The van der Waals surface area contributed by atoms with Gasteiger partial charge in [-0.3, -0.25) is 5.10 Å². The molecule has 0 saturated carbocycles. The van der Waals surface area contributed by atoms with Crippen LogP contribution in [0.2, 0.25) is 0 Å². The number of aromatic amines is 1. The van der Waals surface area contributed by atoms with Crippen molar-refractivity contribution < 1.29 is 17.9 Å². The fourth-order valence-electron chi connectivity index (χ4n) is 1.28. The van der Waals surface area contributed by atoms with E-state index in [0.717, 1.165) is 17.8 Å². The Morgan fingerprint density at radius 2 is 1.82 bits per heavy atom. The van der Waals surface area contributed by atoms with Crippen molar-refractivity contribution in [2.75, 3.05) is 0 Å². The number of alkyl halides is 3. The van der Waals surface area contributed by atoms with Crippen molar-refractivity contribution in [3.05, 3.63) is 41.6 Å². The van der Waals surface area contributed by atoms with Gasteiger partial charge in [0.05, 0.1) is 5.56 Å². The minimum absolute atomic E-state index is 0.310. The Kier molecular flexibility index (Phi) is 2.79. The number of hydrogen-bond acceptors (Lipinski definition) is 2. The SMILES string of the molecule is Cc1cc(Oc2ccc(C(F)(F)F)cc2)n[nH]1. The molecule has 0 amide bonds. The maximum absolute atomic E-state index is 12.3. The third-order valence-corrected chi connectivity index (χ3v) is 2.09. The van der Waals surface area contributed by atoms with Gasteiger partial charge in [0.2, 0.25) is 5.88 Å². The third-order valence-electron chi connectivity index (χ3n) is 2.09. The zero-order valence-corrected chi connectivity index (χ0v) is 8.88. The van der Waals surface area contributed by atoms with Gasteiger partial charge in [0, 0.05) is 11.8 Å². The number of aryl methyl sites for hydroxylation is 1. The van der Waals surface area contributed by atoms with Crippen molar-refractivity contribution in [3.63, 3.8) is 0 Å². The monoisotopic (exact) mass is 242 g/mol. The van der Waals surface area contributed by atoms with Gasteiger partial charge in [0.25, 0.3) is 0 Å². The lowest BCUT2D eigenvalue weighted by Crippen LogP contribution is -2.03. The molecule has 0 spiro atoms. The van der Waals surface area contributed by atoms with E-state index in [-0.39, 0.29) is 0 Å². The largest absolute Gasteiger partial charge is 0.438 e. The number of nitrogens with zero attached hydrogens (tertiary/aromatic N) is 1. The van der Waals surface area contributed by atoms with Crippen molar-refractivity contribution in [3.8, 4) is 11.6 Å². The molecule has 6 heteroatoms. The van der Waals surface area contributed by atoms with E-state index in [0.29, 0.717) is 11.6 Å². The van der Waals surface area contributed by atoms with Crippen LogP contribution in [0.1, 0.15) is 11.3 Å². The number of halogens is 3. The van der Waals surface area contributed by atoms with Crippen LogP contribution < -0.4 is 4.74 Å². The highest BCUT2D eigenvalue weighted by Gasteiger charge is 2.30. The van der Waals surface area contributed by atoms with E-state index in [9.17, 15) is 13.2 Å². The fraction of sp³-hybridized carbons (Fsp3) is 0.182. The Labute approximate surface area is 95.2 Å². The first-order valence-corrected chi connectivity index (χ1v) is 4.82. The molecule has 1 N–H and O–H groups in total. The summed E-state index contributed by atoms with van der Waals surface area (Å²) in [6.07, 6.45) is -4.33. The highest BCUT2D eigenvalue weighted by molar-refractivity contribution is 5.31. The number of benzene rings is 1. The van der Waals surface area contributed by atoms with E-state index in [2.05, 4.69) is 10.2 Å². The molecule has 0 atom stereocenters. The maximum atomic E-state index is 12.3. The maximum Gasteiger partial charge on any atom is 0.416 e. The van der Waals surface area contributed by atoms with Gasteiger partial charge in [0.15, 0.2) is 0 Å². The number of hydrogen-bond donors (Lipinski definition) is 1. The molecule has 2 rings (SSSR count). The van der Waals surface area contributed by atoms with E-state index in [1.165, 1.54) is 12.1 Å². The lowest BCUT2D eigenvalue weighted by atomic mass is 10.2. The summed E-state index contributed by atoms with van der Waals surface area (Å²) in [6, 6.07) is 6.10. The fourth-order valence-corrected chi connectivity index (χ4v) is 1.28. The second-order valence-electron chi connectivity index (χ2n) is 3.51. The van der Waals surface area contributed by atoms with Crippen LogP contribution in [0.15, 0.2) is 30.3 Å². The van der Waals surface area contributed by atoms with Crippen molar-refractivity contribution in [2.24, 2.45) is 0 Å². The summed E-state index contributed by atoms with van der Waals surface area (Å²) in [5.74, 6) is 0.631. The Morgan fingerprint density at radius 1 is 1.18 bits per heavy atom. The molecule has 0 unspecified atom stereocenters. The summed E-state index contributed by atoms with van der Waals surface area (Å²) in [5.41, 5.74) is 0.106. The molecular formula is C11H9F3N2O. The van der Waals surface area contributed by atoms with Gasteiger partial charge < -0.3 is 4.74 Å². The minimum atomic E-state index is -4.33. The first-order chi connectivity index (χ1) is 7.95. The lowest BCUT2D eigenvalue weighted by Gasteiger charge is -2.07. The lowest BCUT2D eigenvalue weighted by molar-refractivity contribution is -0.137. The summed E-state index contributed by atoms with van der Waals surface area (Å²) in [5, 5.41) is 6.48. The Morgan fingerprint density at radius 3 is 2.29 bits per heavy atom. The van der Waals surface area contributed by atoms with Crippen molar-refractivity contribution in [1.82, 2.24) is 10.2 Å². The van der Waals surface area contributed by atoms with Crippen LogP contribution in [0, 0.1) is 6.92 Å². The van der Waals surface area contributed by atoms with Gasteiger partial charge in [0.1, 0.15) is 5.75 Å². The van der Waals surface area contributed by atoms with Crippen LogP contribution in [0.3, 0.4) is 0 Å². The first kappa shape index (κ1) is 11.5. The highest BCUT2D eigenvalue weighted by Crippen LogP contribution is 2.31. The van der Waals surface area contributed by atoms with Crippen LogP contribution >= 0.6 is 0 Å². The average Bonchev–Trinajstić information content (AvgIpc) is 2.63. The van der Waals surface area contributed by atoms with Crippen LogP contribution in [0.25, 0.3) is 0 Å². The molecule has 0 fully saturated rings. The Balaban J connectivity index is 2.13. The molecule has 1 aromatic carbocycles. The molecule has 0 aliphatic heterocycles. The topological polar surface area (TPSA) is 37.9 Å². The number of H-pyrrole nitrogens is 1. The molecule has 1 heterocycles. The molecule has 1 aromatic heterocycles. The first-order valence-electron chi connectivity index (χ1n) is 4.82. The Hall–Kier alpha value is -1.98. The van der Waals surface area contributed by atoms with Crippen LogP contribution in [0.4, 0.5) is 13.2 Å². The molecule has 0 bridgehead atoms. The second kappa shape index (κ2) is 4.12. The van der Waals surface area contributed by atoms with E-state index < -0.39 is 11.7 Å². The van der Waals surface area contributed by atoms with Gasteiger partial charge in [-0.15, -0.1) is 5.10 Å². The zero-order valence-electron chi connectivity index (χ0n) is 8.88. The van der Waals surface area contributed by atoms with Crippen molar-refractivity contribution in [1.29, 1.82) is 0 Å². The highest BCUT2D eigenvalue weighted by atomic mass is 19.4. The number of rotatable bonds is 2. The predicted octanol–water partition coefficient (Wildman–Crippen LogP) is 3.53. The summed E-state index contributed by atoms with van der Waals surface area (Å²) in [4.78, 5) is 0. The molecule has 0 aliphatic carbocycles. The van der Waals surface area contributed by atoms with Gasteiger partial charge in [-0.05, 0) is 31.2 Å². The standard InChI is InChI=1S/C11H9F3N2O/c1-7-6-10(16-15-7)17-9-4-2-8(3-5-9)11(12,13)14/h2-6H,1H3,(H,15,16). The zero-order chi connectivity index (χ0) is 12.5. The van der Waals surface area contributed by atoms with Gasteiger partial charge in [-0.2, -0.15) is 13.2 Å². The van der Waals surface area contributed by atoms with Gasteiger partial charge >= 0.3 is 6.18 Å². The average molecular weight is 242 g/mol. The minimum Gasteiger partial charge on any atom is -0.438 e. The summed E-state index contributed by atoms with van der Waals surface area (Å²) >= 11 is 0. The van der Waals surface area contributed by atoms with E-state index >= 15 is 0 Å². The van der Waals surface area contributed by atoms with Crippen LogP contribution in [-0.4, -0.2) is 10.2 Å². The van der Waals surface area contributed by atoms with Crippen molar-refractivity contribution in [2.45, 2.75) is 13.1 Å². The van der Waals surface area contributed by atoms with Gasteiger partial charge in [-0.1, -0.05) is 0 Å². The smallest absolute Gasteiger partial charge is 0.416 e. The predicted molar refractivity (Wildman–Crippen MR) is 54.8 cm³/mol. The van der Waals surface area contributed by atoms with Crippen LogP contribution in [0.5, 0.6) is 11.6 Å². The van der Waals surface area contributed by atoms with Gasteiger partial charge in [-0.25, -0.2) is 0 Å². The summed E-state index contributed by atoms with van der Waals surface area (Å²) in [7, 11) is 0. The second-order valence-corrected chi connectivity index (χ2v) is 3.51. The van der Waals surface area contributed by atoms with E-state index in [1.54, 1.807) is 13.0 Å². The van der Waals surface area contributed by atoms with E-state index in [4.69, 9.17) is 4.74 Å². The molecule has 0 aliphatic rings. The molecule has 0 radical (unpaired) electrons. The third kappa shape index (κ3) is 2.77. The quantitative estimate of drug-likeness (QED) is 0.874. The molecular weight excluding hydrogens is 233 g/mol. The molecule has 2 aromatic rings. The van der Waals surface area contributed by atoms with E-state index in [1.807, 2.05) is 0 Å². The summed E-state index contributed by atoms with van der Waals surface area (Å²) < 4.78 is 42.1. The number of ether oxygens (including phenoxy) is 1. The Bertz CT molecular complexity index is 502. The molecule has 0 saturated heterocycles. The molecule has 17 heavy (non-hydrogen) atoms. The number of nitrogens with one attached hydrogen (secondary N) is 1. The van der Waals surface area contributed by atoms with Crippen molar-refractivity contribution >= 4 is 0 Å². The summed E-state index contributed by atoms with van der Waals surface area (Å²) in [6.45, 7) is 1.80.